The molecule has 82 valence electrons. The van der Waals surface area contributed by atoms with Gasteiger partial charge in [-0.25, -0.2) is 0 Å². The summed E-state index contributed by atoms with van der Waals surface area (Å²) >= 11 is 1.82. The molecule has 3 nitrogen and oxygen atoms in total. The van der Waals surface area contributed by atoms with Crippen LogP contribution in [0, 0.1) is 5.92 Å². The van der Waals surface area contributed by atoms with Gasteiger partial charge in [0.05, 0.1) is 13.2 Å². The molecule has 1 atom stereocenters. The molecule has 0 radical (unpaired) electrons. The number of nitrogens with zero attached hydrogens (tertiary/aromatic N) is 1. The summed E-state index contributed by atoms with van der Waals surface area (Å²) in [6.07, 6.45) is 0. The van der Waals surface area contributed by atoms with Crippen LogP contribution >= 0.6 is 11.8 Å². The average molecular weight is 216 g/mol. The zero-order valence-corrected chi connectivity index (χ0v) is 10.1. The number of nitrogens with one attached hydrogen (secondary N) is 1. The highest BCUT2D eigenvalue weighted by atomic mass is 32.2. The summed E-state index contributed by atoms with van der Waals surface area (Å²) < 4.78 is 5.22. The molecule has 1 fully saturated rings. The standard InChI is InChI=1S/C10H20N2OS/c1-4-13-6-5-11-10-12-9(7-14-10)8(2)3/h8-9H,4-7H2,1-3H3,(H,11,12)/t9-/m1/s1. The van der Waals surface area contributed by atoms with Crippen molar-refractivity contribution in [2.45, 2.75) is 26.8 Å². The number of aliphatic imine (C=N–C) groups is 1. The van der Waals surface area contributed by atoms with E-state index >= 15 is 0 Å². The first kappa shape index (κ1) is 11.9. The van der Waals surface area contributed by atoms with Gasteiger partial charge in [0, 0.05) is 18.4 Å². The fourth-order valence-corrected chi connectivity index (χ4v) is 2.44. The maximum atomic E-state index is 5.22. The van der Waals surface area contributed by atoms with Crippen molar-refractivity contribution < 1.29 is 4.74 Å². The maximum absolute atomic E-state index is 5.22. The number of rotatable bonds is 5. The van der Waals surface area contributed by atoms with Crippen molar-refractivity contribution in [2.75, 3.05) is 25.5 Å². The Morgan fingerprint density at radius 2 is 2.43 bits per heavy atom. The van der Waals surface area contributed by atoms with Gasteiger partial charge in [0.25, 0.3) is 0 Å². The van der Waals surface area contributed by atoms with E-state index in [1.54, 1.807) is 0 Å². The molecule has 4 heteroatoms. The van der Waals surface area contributed by atoms with E-state index in [4.69, 9.17) is 4.74 Å². The Hall–Kier alpha value is -0.220. The molecule has 1 aliphatic heterocycles. The number of hydrogen-bond acceptors (Lipinski definition) is 3. The molecule has 0 spiro atoms. The molecule has 1 N–H and O–H groups in total. The third kappa shape index (κ3) is 3.88. The second kappa shape index (κ2) is 6.30. The average Bonchev–Trinajstić information content (AvgIpc) is 2.61. The number of hydrogen-bond donors (Lipinski definition) is 1. The van der Waals surface area contributed by atoms with Gasteiger partial charge in [0.1, 0.15) is 0 Å². The zero-order chi connectivity index (χ0) is 10.4. The zero-order valence-electron chi connectivity index (χ0n) is 9.25. The molecule has 0 aromatic heterocycles. The Morgan fingerprint density at radius 1 is 1.64 bits per heavy atom. The van der Waals surface area contributed by atoms with Crippen LogP contribution in [0.3, 0.4) is 0 Å². The molecular weight excluding hydrogens is 196 g/mol. The van der Waals surface area contributed by atoms with Crippen LogP contribution in [-0.4, -0.2) is 36.7 Å². The molecule has 1 heterocycles. The molecule has 0 bridgehead atoms. The molecule has 0 aliphatic carbocycles. The minimum absolute atomic E-state index is 0.589. The predicted octanol–water partition coefficient (Wildman–Crippen LogP) is 1.74. The van der Waals surface area contributed by atoms with Crippen molar-refractivity contribution in [3.63, 3.8) is 0 Å². The van der Waals surface area contributed by atoms with E-state index in [0.717, 1.165) is 30.7 Å². The molecule has 14 heavy (non-hydrogen) atoms. The minimum Gasteiger partial charge on any atom is -0.380 e. The summed E-state index contributed by atoms with van der Waals surface area (Å²) in [5.41, 5.74) is 0. The van der Waals surface area contributed by atoms with Crippen molar-refractivity contribution in [3.05, 3.63) is 0 Å². The normalized spacial score (nSPS) is 24.6. The smallest absolute Gasteiger partial charge is 0.156 e. The van der Waals surface area contributed by atoms with E-state index in [1.165, 1.54) is 0 Å². The Balaban J connectivity index is 2.20. The van der Waals surface area contributed by atoms with E-state index in [1.807, 2.05) is 18.7 Å². The van der Waals surface area contributed by atoms with E-state index in [9.17, 15) is 0 Å². The molecule has 0 aromatic carbocycles. The van der Waals surface area contributed by atoms with Gasteiger partial charge in [-0.15, -0.1) is 0 Å². The monoisotopic (exact) mass is 216 g/mol. The van der Waals surface area contributed by atoms with Crippen LogP contribution in [0.25, 0.3) is 0 Å². The fourth-order valence-electron chi connectivity index (χ4n) is 1.22. The Morgan fingerprint density at radius 3 is 3.00 bits per heavy atom. The Kier molecular flexibility index (Phi) is 5.33. The van der Waals surface area contributed by atoms with Crippen LogP contribution in [0.4, 0.5) is 0 Å². The molecule has 0 saturated carbocycles. The molecule has 1 saturated heterocycles. The molecule has 0 unspecified atom stereocenters. The molecule has 0 amide bonds. The maximum Gasteiger partial charge on any atom is 0.156 e. The summed E-state index contributed by atoms with van der Waals surface area (Å²) in [7, 11) is 0. The van der Waals surface area contributed by atoms with E-state index in [2.05, 4.69) is 24.2 Å². The third-order valence-corrected chi connectivity index (χ3v) is 3.25. The highest BCUT2D eigenvalue weighted by Crippen LogP contribution is 2.18. The van der Waals surface area contributed by atoms with E-state index in [-0.39, 0.29) is 0 Å². The van der Waals surface area contributed by atoms with Crippen LogP contribution in [-0.2, 0) is 4.74 Å². The predicted molar refractivity (Wildman–Crippen MR) is 63.0 cm³/mol. The summed E-state index contributed by atoms with van der Waals surface area (Å²) in [5.74, 6) is 1.83. The van der Waals surface area contributed by atoms with Crippen molar-refractivity contribution in [3.8, 4) is 0 Å². The van der Waals surface area contributed by atoms with Crippen molar-refractivity contribution in [2.24, 2.45) is 10.9 Å². The fraction of sp³-hybridized carbons (Fsp3) is 0.900. The summed E-state index contributed by atoms with van der Waals surface area (Å²) in [6.45, 7) is 8.76. The van der Waals surface area contributed by atoms with Crippen molar-refractivity contribution in [1.82, 2.24) is 5.32 Å². The quantitative estimate of drug-likeness (QED) is 0.711. The number of amidine groups is 1. The van der Waals surface area contributed by atoms with Crippen LogP contribution in [0.2, 0.25) is 0 Å². The van der Waals surface area contributed by atoms with Crippen LogP contribution in [0.5, 0.6) is 0 Å². The van der Waals surface area contributed by atoms with Gasteiger partial charge in [-0.1, -0.05) is 25.6 Å². The van der Waals surface area contributed by atoms with Gasteiger partial charge in [-0.2, -0.15) is 0 Å². The van der Waals surface area contributed by atoms with Gasteiger partial charge in [0.15, 0.2) is 5.17 Å². The second-order valence-corrected chi connectivity index (χ2v) is 4.70. The minimum atomic E-state index is 0.589. The molecular formula is C10H20N2OS. The SMILES string of the molecule is CCOCCN=C1N[C@@H](C(C)C)CS1. The number of thioether (sulfide) groups is 1. The van der Waals surface area contributed by atoms with Crippen LogP contribution in [0.1, 0.15) is 20.8 Å². The molecule has 1 aliphatic rings. The Labute approximate surface area is 90.7 Å². The van der Waals surface area contributed by atoms with Gasteiger partial charge in [0.2, 0.25) is 0 Å². The van der Waals surface area contributed by atoms with Crippen LogP contribution < -0.4 is 5.32 Å². The lowest BCUT2D eigenvalue weighted by Crippen LogP contribution is -2.31. The largest absolute Gasteiger partial charge is 0.380 e. The lowest BCUT2D eigenvalue weighted by Gasteiger charge is -2.12. The van der Waals surface area contributed by atoms with Gasteiger partial charge < -0.3 is 10.1 Å². The molecule has 1 rings (SSSR count). The lowest BCUT2D eigenvalue weighted by molar-refractivity contribution is 0.156. The van der Waals surface area contributed by atoms with Gasteiger partial charge >= 0.3 is 0 Å². The second-order valence-electron chi connectivity index (χ2n) is 3.69. The third-order valence-electron chi connectivity index (χ3n) is 2.21. The summed E-state index contributed by atoms with van der Waals surface area (Å²) in [4.78, 5) is 4.44. The first-order valence-corrected chi connectivity index (χ1v) is 6.24. The van der Waals surface area contributed by atoms with E-state index in [0.29, 0.717) is 12.0 Å². The van der Waals surface area contributed by atoms with Gasteiger partial charge in [-0.3, -0.25) is 4.99 Å². The Bertz CT molecular complexity index is 195. The summed E-state index contributed by atoms with van der Waals surface area (Å²) in [6, 6.07) is 0.589. The summed E-state index contributed by atoms with van der Waals surface area (Å²) in [5, 5.41) is 4.51. The van der Waals surface area contributed by atoms with Gasteiger partial charge in [-0.05, 0) is 12.8 Å². The lowest BCUT2D eigenvalue weighted by atomic mass is 10.1. The highest BCUT2D eigenvalue weighted by molar-refractivity contribution is 8.14. The highest BCUT2D eigenvalue weighted by Gasteiger charge is 2.22. The van der Waals surface area contributed by atoms with E-state index < -0.39 is 0 Å². The topological polar surface area (TPSA) is 33.6 Å². The van der Waals surface area contributed by atoms with Crippen LogP contribution in [0.15, 0.2) is 4.99 Å². The van der Waals surface area contributed by atoms with Crippen molar-refractivity contribution >= 4 is 16.9 Å². The first-order chi connectivity index (χ1) is 6.74. The number of ether oxygens (including phenoxy) is 1. The first-order valence-electron chi connectivity index (χ1n) is 5.25. The molecule has 0 aromatic rings. The van der Waals surface area contributed by atoms with Crippen molar-refractivity contribution in [1.29, 1.82) is 0 Å².